The van der Waals surface area contributed by atoms with Crippen molar-refractivity contribution in [1.29, 1.82) is 0 Å². The van der Waals surface area contributed by atoms with Crippen LogP contribution in [0.15, 0.2) is 15.3 Å². The van der Waals surface area contributed by atoms with Gasteiger partial charge in [-0.25, -0.2) is 9.18 Å². The molecule has 0 atom stereocenters. The van der Waals surface area contributed by atoms with Crippen molar-refractivity contribution >= 4 is 23.5 Å². The number of rotatable bonds is 4. The molecule has 0 radical (unpaired) electrons. The van der Waals surface area contributed by atoms with Gasteiger partial charge in [0, 0.05) is 31.3 Å². The van der Waals surface area contributed by atoms with Crippen LogP contribution >= 0.6 is 12.4 Å². The molecule has 30 heavy (non-hydrogen) atoms. The minimum Gasteiger partial charge on any atom is -0.404 e. The van der Waals surface area contributed by atoms with Gasteiger partial charge in [0.15, 0.2) is 11.4 Å². The molecule has 1 aromatic carbocycles. The van der Waals surface area contributed by atoms with Gasteiger partial charge < -0.3 is 9.15 Å². The predicted octanol–water partition coefficient (Wildman–Crippen LogP) is 4.98. The maximum Gasteiger partial charge on any atom is 0.420 e. The standard InChI is InChI=1S/C22H30F2N2O3.ClH/c1-4-28-16-5-9-22(3,10-6-16)25-11-7-15(8-12-25)26-17-13-14(2)18(23)19(24)20(17)29-21(26)27;/h13,15-16H,4-12H2,1-3H3;1H/t16-,22-;. The second-order valence-electron chi connectivity index (χ2n) is 8.78. The molecule has 1 aliphatic heterocycles. The summed E-state index contributed by atoms with van der Waals surface area (Å²) < 4.78 is 40.5. The monoisotopic (exact) mass is 444 g/mol. The van der Waals surface area contributed by atoms with Crippen LogP contribution in [0.4, 0.5) is 8.78 Å². The van der Waals surface area contributed by atoms with Gasteiger partial charge in [-0.1, -0.05) is 0 Å². The third-order valence-electron chi connectivity index (χ3n) is 6.97. The van der Waals surface area contributed by atoms with E-state index in [1.54, 1.807) is 0 Å². The Bertz CT molecular complexity index is 942. The van der Waals surface area contributed by atoms with Gasteiger partial charge in [-0.3, -0.25) is 9.47 Å². The van der Waals surface area contributed by atoms with Gasteiger partial charge in [0.05, 0.1) is 11.6 Å². The normalized spacial score (nSPS) is 26.1. The van der Waals surface area contributed by atoms with Crippen LogP contribution in [0.3, 0.4) is 0 Å². The Kier molecular flexibility index (Phi) is 6.94. The Balaban J connectivity index is 0.00000256. The number of aryl methyl sites for hydroxylation is 1. The van der Waals surface area contributed by atoms with Gasteiger partial charge in [-0.15, -0.1) is 12.4 Å². The first-order valence-electron chi connectivity index (χ1n) is 10.7. The highest BCUT2D eigenvalue weighted by Crippen LogP contribution is 2.38. The third kappa shape index (κ3) is 4.04. The van der Waals surface area contributed by atoms with Gasteiger partial charge in [0.1, 0.15) is 0 Å². The van der Waals surface area contributed by atoms with E-state index in [0.29, 0.717) is 11.6 Å². The summed E-state index contributed by atoms with van der Waals surface area (Å²) in [5.74, 6) is -2.64. The van der Waals surface area contributed by atoms with E-state index < -0.39 is 17.4 Å². The predicted molar refractivity (Wildman–Crippen MR) is 115 cm³/mol. The van der Waals surface area contributed by atoms with Crippen molar-refractivity contribution in [1.82, 2.24) is 9.47 Å². The number of hydrogen-bond donors (Lipinski definition) is 0. The van der Waals surface area contributed by atoms with Gasteiger partial charge in [0.25, 0.3) is 0 Å². The average molecular weight is 445 g/mol. The molecule has 0 N–H and O–H groups in total. The second kappa shape index (κ2) is 8.97. The maximum atomic E-state index is 14.2. The number of benzene rings is 1. The van der Waals surface area contributed by atoms with Crippen LogP contribution < -0.4 is 5.76 Å². The first-order valence-corrected chi connectivity index (χ1v) is 10.7. The minimum atomic E-state index is -1.08. The Morgan fingerprint density at radius 1 is 1.17 bits per heavy atom. The molecule has 0 spiro atoms. The first-order chi connectivity index (χ1) is 13.8. The van der Waals surface area contributed by atoms with Crippen molar-refractivity contribution in [3.05, 3.63) is 33.8 Å². The number of oxazole rings is 1. The summed E-state index contributed by atoms with van der Waals surface area (Å²) in [6, 6.07) is 1.45. The highest BCUT2D eigenvalue weighted by Gasteiger charge is 2.39. The van der Waals surface area contributed by atoms with E-state index in [0.717, 1.165) is 58.2 Å². The molecule has 2 fully saturated rings. The number of ether oxygens (including phenoxy) is 1. The summed E-state index contributed by atoms with van der Waals surface area (Å²) in [6.07, 6.45) is 6.34. The summed E-state index contributed by atoms with van der Waals surface area (Å²) in [4.78, 5) is 15.0. The molecular formula is C22H31ClF2N2O3. The number of hydrogen-bond acceptors (Lipinski definition) is 4. The maximum absolute atomic E-state index is 14.2. The highest BCUT2D eigenvalue weighted by molar-refractivity contribution is 5.85. The molecular weight excluding hydrogens is 414 g/mol. The molecule has 2 aromatic rings. The average Bonchev–Trinajstić information content (AvgIpc) is 3.04. The number of nitrogens with zero attached hydrogens (tertiary/aromatic N) is 2. The van der Waals surface area contributed by atoms with Crippen LogP contribution in [0, 0.1) is 18.6 Å². The Labute approximate surface area is 181 Å². The van der Waals surface area contributed by atoms with Crippen molar-refractivity contribution < 1.29 is 17.9 Å². The fraction of sp³-hybridized carbons (Fsp3) is 0.682. The van der Waals surface area contributed by atoms with Crippen LogP contribution in [-0.4, -0.2) is 40.8 Å². The van der Waals surface area contributed by atoms with Gasteiger partial charge >= 0.3 is 5.76 Å². The molecule has 1 aromatic heterocycles. The van der Waals surface area contributed by atoms with Crippen molar-refractivity contribution in [3.63, 3.8) is 0 Å². The van der Waals surface area contributed by atoms with E-state index in [1.165, 1.54) is 17.6 Å². The van der Waals surface area contributed by atoms with Gasteiger partial charge in [-0.05, 0) is 70.9 Å². The van der Waals surface area contributed by atoms with Crippen LogP contribution in [0.2, 0.25) is 0 Å². The van der Waals surface area contributed by atoms with Crippen LogP contribution in [0.5, 0.6) is 0 Å². The van der Waals surface area contributed by atoms with E-state index in [4.69, 9.17) is 9.15 Å². The zero-order valence-electron chi connectivity index (χ0n) is 17.9. The number of fused-ring (bicyclic) bond motifs is 1. The van der Waals surface area contributed by atoms with E-state index in [-0.39, 0.29) is 35.1 Å². The first kappa shape index (κ1) is 23.2. The lowest BCUT2D eigenvalue weighted by atomic mass is 9.79. The molecule has 0 bridgehead atoms. The molecule has 2 aliphatic rings. The quantitative estimate of drug-likeness (QED) is 0.667. The number of likely N-dealkylation sites (tertiary alicyclic amines) is 1. The summed E-state index contributed by atoms with van der Waals surface area (Å²) in [5.41, 5.74) is 0.420. The molecule has 2 heterocycles. The van der Waals surface area contributed by atoms with Gasteiger partial charge in [-0.2, -0.15) is 4.39 Å². The lowest BCUT2D eigenvalue weighted by Crippen LogP contribution is -2.52. The van der Waals surface area contributed by atoms with Crippen molar-refractivity contribution in [2.24, 2.45) is 0 Å². The lowest BCUT2D eigenvalue weighted by Gasteiger charge is -2.48. The van der Waals surface area contributed by atoms with E-state index >= 15 is 0 Å². The zero-order chi connectivity index (χ0) is 20.8. The van der Waals surface area contributed by atoms with E-state index in [2.05, 4.69) is 11.8 Å². The van der Waals surface area contributed by atoms with Crippen LogP contribution in [-0.2, 0) is 4.74 Å². The minimum absolute atomic E-state index is 0. The molecule has 1 aliphatic carbocycles. The highest BCUT2D eigenvalue weighted by atomic mass is 35.5. The smallest absolute Gasteiger partial charge is 0.404 e. The summed E-state index contributed by atoms with van der Waals surface area (Å²) in [6.45, 7) is 8.40. The Morgan fingerprint density at radius 2 is 1.80 bits per heavy atom. The van der Waals surface area contributed by atoms with Crippen molar-refractivity contribution in [3.8, 4) is 0 Å². The van der Waals surface area contributed by atoms with Crippen LogP contribution in [0.25, 0.3) is 11.1 Å². The molecule has 0 unspecified atom stereocenters. The molecule has 4 rings (SSSR count). The largest absolute Gasteiger partial charge is 0.420 e. The summed E-state index contributed by atoms with van der Waals surface area (Å²) in [5, 5.41) is 0. The van der Waals surface area contributed by atoms with E-state index in [9.17, 15) is 13.6 Å². The lowest BCUT2D eigenvalue weighted by molar-refractivity contribution is -0.0274. The summed E-state index contributed by atoms with van der Waals surface area (Å²) in [7, 11) is 0. The fourth-order valence-electron chi connectivity index (χ4n) is 5.17. The SMILES string of the molecule is CCO[C@H]1CC[C@](C)(N2CCC(n3c(=O)oc4c(F)c(F)c(C)cc43)CC2)CC1.Cl. The number of aromatic nitrogens is 1. The second-order valence-corrected chi connectivity index (χ2v) is 8.78. The molecule has 1 saturated heterocycles. The van der Waals surface area contributed by atoms with Crippen LogP contribution in [0.1, 0.15) is 64.0 Å². The number of piperidine rings is 1. The molecule has 8 heteroatoms. The van der Waals surface area contributed by atoms with Crippen molar-refractivity contribution in [2.75, 3.05) is 19.7 Å². The number of halogens is 3. The fourth-order valence-corrected chi connectivity index (χ4v) is 5.17. The van der Waals surface area contributed by atoms with Crippen molar-refractivity contribution in [2.45, 2.75) is 77.0 Å². The molecule has 168 valence electrons. The Hall–Kier alpha value is -1.44. The zero-order valence-corrected chi connectivity index (χ0v) is 18.7. The molecule has 0 amide bonds. The van der Waals surface area contributed by atoms with E-state index in [1.807, 2.05) is 6.92 Å². The Morgan fingerprint density at radius 3 is 2.40 bits per heavy atom. The van der Waals surface area contributed by atoms with Gasteiger partial charge in [0.2, 0.25) is 5.82 Å². The molecule has 5 nitrogen and oxygen atoms in total. The third-order valence-corrected chi connectivity index (χ3v) is 6.97. The topological polar surface area (TPSA) is 47.6 Å². The molecule has 1 saturated carbocycles. The summed E-state index contributed by atoms with van der Waals surface area (Å²) >= 11 is 0.